The van der Waals surface area contributed by atoms with Gasteiger partial charge in [-0.3, -0.25) is 0 Å². The summed E-state index contributed by atoms with van der Waals surface area (Å²) >= 11 is 0. The molecule has 0 aliphatic carbocycles. The average molecular weight is 159 g/mol. The topological polar surface area (TPSA) is 50.9 Å². The highest BCUT2D eigenvalue weighted by Gasteiger charge is 2.09. The van der Waals surface area contributed by atoms with Crippen molar-refractivity contribution >= 4 is 6.02 Å². The number of methoxy groups -OCH3 is 1. The summed E-state index contributed by atoms with van der Waals surface area (Å²) in [5.41, 5.74) is 4.50. The second-order valence-electron chi connectivity index (χ2n) is 2.14. The molecule has 4 heteroatoms. The quantitative estimate of drug-likeness (QED) is 0.537. The van der Waals surface area contributed by atoms with Gasteiger partial charge in [-0.2, -0.15) is 0 Å². The third-order valence-electron chi connectivity index (χ3n) is 1.41. The molecule has 0 aromatic carbocycles. The van der Waals surface area contributed by atoms with Gasteiger partial charge in [-0.25, -0.2) is 4.99 Å². The summed E-state index contributed by atoms with van der Waals surface area (Å²) in [6, 6.07) is 0.765. The lowest BCUT2D eigenvalue weighted by Crippen LogP contribution is -2.32. The molecular weight excluding hydrogens is 142 g/mol. The fraction of sp³-hybridized carbons (Fsp3) is 0.857. The minimum atomic E-state index is 0.765. The molecule has 0 aromatic heterocycles. The van der Waals surface area contributed by atoms with Crippen LogP contribution in [0.15, 0.2) is 4.99 Å². The van der Waals surface area contributed by atoms with Gasteiger partial charge >= 0.3 is 0 Å². The summed E-state index contributed by atoms with van der Waals surface area (Å²) in [5, 5.41) is 0. The minimum absolute atomic E-state index is 0.765. The molecule has 0 aromatic rings. The number of ether oxygens (including phenoxy) is 1. The highest BCUT2D eigenvalue weighted by Crippen LogP contribution is 1.99. The van der Waals surface area contributed by atoms with E-state index in [1.54, 1.807) is 7.11 Å². The zero-order valence-corrected chi connectivity index (χ0v) is 7.50. The summed E-state index contributed by atoms with van der Waals surface area (Å²) in [6.07, 6.45) is 1.14. The normalized spacial score (nSPS) is 16.4. The van der Waals surface area contributed by atoms with Gasteiger partial charge in [-0.15, -0.1) is 0 Å². The Kier molecular flexibility index (Phi) is 5.56. The monoisotopic (exact) mass is 159 g/mol. The van der Waals surface area contributed by atoms with E-state index in [0.717, 1.165) is 25.5 Å². The van der Waals surface area contributed by atoms with E-state index in [-0.39, 0.29) is 0 Å². The molecule has 4 nitrogen and oxygen atoms in total. The van der Waals surface area contributed by atoms with E-state index in [1.165, 1.54) is 7.05 Å². The maximum atomic E-state index is 4.98. The number of aliphatic imine (C=N–C) groups is 1. The fourth-order valence-corrected chi connectivity index (χ4v) is 0.919. The van der Waals surface area contributed by atoms with E-state index >= 15 is 0 Å². The van der Waals surface area contributed by atoms with Crippen molar-refractivity contribution in [3.63, 3.8) is 0 Å². The van der Waals surface area contributed by atoms with Crippen LogP contribution in [0.5, 0.6) is 0 Å². The van der Waals surface area contributed by atoms with Crippen LogP contribution < -0.4 is 5.73 Å². The second-order valence-corrected chi connectivity index (χ2v) is 2.14. The molecule has 0 bridgehead atoms. The molecule has 0 saturated carbocycles. The van der Waals surface area contributed by atoms with Gasteiger partial charge in [-0.1, -0.05) is 0 Å². The molecule has 0 saturated heterocycles. The molecule has 1 aliphatic heterocycles. The van der Waals surface area contributed by atoms with Crippen LogP contribution in [-0.4, -0.2) is 45.2 Å². The van der Waals surface area contributed by atoms with Crippen LogP contribution in [0, 0.1) is 0 Å². The molecule has 0 radical (unpaired) electrons. The van der Waals surface area contributed by atoms with E-state index in [2.05, 4.69) is 10.7 Å². The number of rotatable bonds is 0. The molecular formula is C7H17N3O. The molecule has 0 unspecified atom stereocenters. The molecule has 66 valence electrons. The summed E-state index contributed by atoms with van der Waals surface area (Å²) in [5.74, 6) is 0. The van der Waals surface area contributed by atoms with Crippen molar-refractivity contribution in [1.29, 1.82) is 0 Å². The summed E-state index contributed by atoms with van der Waals surface area (Å²) < 4.78 is 4.98. The Morgan fingerprint density at radius 3 is 2.55 bits per heavy atom. The van der Waals surface area contributed by atoms with Gasteiger partial charge in [0.05, 0.1) is 7.11 Å². The maximum Gasteiger partial charge on any atom is 0.286 e. The van der Waals surface area contributed by atoms with Gasteiger partial charge in [0, 0.05) is 20.1 Å². The minimum Gasteiger partial charge on any atom is -0.468 e. The third-order valence-corrected chi connectivity index (χ3v) is 1.41. The predicted molar refractivity (Wildman–Crippen MR) is 46.7 cm³/mol. The Morgan fingerprint density at radius 1 is 1.55 bits per heavy atom. The van der Waals surface area contributed by atoms with Gasteiger partial charge in [0.1, 0.15) is 0 Å². The molecule has 1 aliphatic rings. The molecule has 0 atom stereocenters. The van der Waals surface area contributed by atoms with Gasteiger partial charge in [0.15, 0.2) is 0 Å². The van der Waals surface area contributed by atoms with Gasteiger partial charge in [0.25, 0.3) is 6.02 Å². The molecule has 1 rings (SSSR count). The van der Waals surface area contributed by atoms with Crippen LogP contribution >= 0.6 is 0 Å². The van der Waals surface area contributed by atoms with Crippen molar-refractivity contribution < 1.29 is 4.74 Å². The van der Waals surface area contributed by atoms with Gasteiger partial charge in [0.2, 0.25) is 0 Å². The average Bonchev–Trinajstić information content (AvgIpc) is 2.09. The van der Waals surface area contributed by atoms with Crippen LogP contribution in [0.3, 0.4) is 0 Å². The van der Waals surface area contributed by atoms with Gasteiger partial charge < -0.3 is 15.4 Å². The van der Waals surface area contributed by atoms with Crippen molar-refractivity contribution in [2.24, 2.45) is 10.7 Å². The highest BCUT2D eigenvalue weighted by molar-refractivity contribution is 5.73. The SMILES string of the molecule is CN.COC1=NCCCN1C. The van der Waals surface area contributed by atoms with E-state index in [1.807, 2.05) is 11.9 Å². The van der Waals surface area contributed by atoms with Crippen LogP contribution in [-0.2, 0) is 4.74 Å². The largest absolute Gasteiger partial charge is 0.468 e. The fourth-order valence-electron chi connectivity index (χ4n) is 0.919. The van der Waals surface area contributed by atoms with Crippen molar-refractivity contribution in [3.8, 4) is 0 Å². The number of nitrogens with zero attached hydrogens (tertiary/aromatic N) is 2. The zero-order valence-electron chi connectivity index (χ0n) is 7.50. The van der Waals surface area contributed by atoms with Gasteiger partial charge in [-0.05, 0) is 13.5 Å². The Balaban J connectivity index is 0.000000461. The van der Waals surface area contributed by atoms with Crippen molar-refractivity contribution in [2.75, 3.05) is 34.3 Å². The Labute approximate surface area is 68.0 Å². The van der Waals surface area contributed by atoms with E-state index < -0.39 is 0 Å². The van der Waals surface area contributed by atoms with Crippen molar-refractivity contribution in [2.45, 2.75) is 6.42 Å². The first kappa shape index (κ1) is 10.2. The molecule has 0 spiro atoms. The molecule has 0 fully saturated rings. The lowest BCUT2D eigenvalue weighted by atomic mass is 10.4. The Morgan fingerprint density at radius 2 is 2.18 bits per heavy atom. The molecule has 11 heavy (non-hydrogen) atoms. The first-order valence-electron chi connectivity index (χ1n) is 3.72. The van der Waals surface area contributed by atoms with Crippen LogP contribution in [0.25, 0.3) is 0 Å². The smallest absolute Gasteiger partial charge is 0.286 e. The Hall–Kier alpha value is -0.770. The predicted octanol–water partition coefficient (Wildman–Crippen LogP) is -0.101. The summed E-state index contributed by atoms with van der Waals surface area (Å²) in [7, 11) is 5.14. The maximum absolute atomic E-state index is 4.98. The van der Waals surface area contributed by atoms with E-state index in [4.69, 9.17) is 4.74 Å². The molecule has 2 N–H and O–H groups in total. The first-order valence-corrected chi connectivity index (χ1v) is 3.72. The van der Waals surface area contributed by atoms with E-state index in [9.17, 15) is 0 Å². The lowest BCUT2D eigenvalue weighted by Gasteiger charge is -2.22. The van der Waals surface area contributed by atoms with Crippen LogP contribution in [0.4, 0.5) is 0 Å². The highest BCUT2D eigenvalue weighted by atomic mass is 16.5. The number of hydrogen-bond acceptors (Lipinski definition) is 4. The molecule has 0 amide bonds. The van der Waals surface area contributed by atoms with Crippen molar-refractivity contribution in [1.82, 2.24) is 4.90 Å². The van der Waals surface area contributed by atoms with Crippen LogP contribution in [0.2, 0.25) is 0 Å². The first-order chi connectivity index (χ1) is 5.34. The summed E-state index contributed by atoms with van der Waals surface area (Å²) in [6.45, 7) is 1.97. The number of nitrogens with two attached hydrogens (primary N) is 1. The van der Waals surface area contributed by atoms with Crippen LogP contribution in [0.1, 0.15) is 6.42 Å². The third kappa shape index (κ3) is 3.23. The Bertz CT molecular complexity index is 125. The lowest BCUT2D eigenvalue weighted by molar-refractivity contribution is 0.293. The zero-order chi connectivity index (χ0) is 8.69. The van der Waals surface area contributed by atoms with E-state index in [0.29, 0.717) is 0 Å². The summed E-state index contributed by atoms with van der Waals surface area (Å²) in [4.78, 5) is 6.17. The standard InChI is InChI=1S/C6H12N2O.CH5N/c1-8-5-3-4-7-6(8)9-2;1-2/h3-5H2,1-2H3;2H2,1H3. The second kappa shape index (κ2) is 5.97. The number of amidine groups is 1. The van der Waals surface area contributed by atoms with Crippen molar-refractivity contribution in [3.05, 3.63) is 0 Å². The molecule has 1 heterocycles. The number of hydrogen-bond donors (Lipinski definition) is 1.